The fourth-order valence-electron chi connectivity index (χ4n) is 4.13. The highest BCUT2D eigenvalue weighted by Crippen LogP contribution is 2.44. The van der Waals surface area contributed by atoms with Crippen LogP contribution in [0.3, 0.4) is 0 Å². The normalized spacial score (nSPS) is 28.7. The Morgan fingerprint density at radius 3 is 2.65 bits per heavy atom. The van der Waals surface area contributed by atoms with Crippen molar-refractivity contribution in [2.24, 2.45) is 17.8 Å². The Kier molecular flexibility index (Phi) is 2.79. The third-order valence-electron chi connectivity index (χ3n) is 5.10. The lowest BCUT2D eigenvalue weighted by Gasteiger charge is -2.26. The number of carbonyl (C=O) groups excluding carboxylic acids is 1. The standard InChI is InChI=1S/C17H20N2O/c20-17(13-8-11-5-6-12(7-11)9-13)19-16-10-18-15-4-2-1-3-14(15)16/h1-4,10-13,18H,5-9H2,(H,19,20). The van der Waals surface area contributed by atoms with Gasteiger partial charge in [-0.3, -0.25) is 4.79 Å². The number of aromatic amines is 1. The SMILES string of the molecule is O=C(Nc1c[nH]c2ccccc12)C1CC2CCC(C2)C1. The molecule has 1 heterocycles. The van der Waals surface area contributed by atoms with Crippen LogP contribution in [0.4, 0.5) is 5.69 Å². The van der Waals surface area contributed by atoms with E-state index in [2.05, 4.69) is 10.3 Å². The molecule has 2 saturated carbocycles. The van der Waals surface area contributed by atoms with E-state index in [9.17, 15) is 4.79 Å². The van der Waals surface area contributed by atoms with Crippen LogP contribution in [0.15, 0.2) is 30.5 Å². The van der Waals surface area contributed by atoms with Gasteiger partial charge in [-0.25, -0.2) is 0 Å². The lowest BCUT2D eigenvalue weighted by molar-refractivity contribution is -0.121. The largest absolute Gasteiger partial charge is 0.359 e. The summed E-state index contributed by atoms with van der Waals surface area (Å²) >= 11 is 0. The van der Waals surface area contributed by atoms with Gasteiger partial charge >= 0.3 is 0 Å². The quantitative estimate of drug-likeness (QED) is 0.851. The number of rotatable bonds is 2. The van der Waals surface area contributed by atoms with Gasteiger partial charge in [-0.1, -0.05) is 31.0 Å². The van der Waals surface area contributed by atoms with Gasteiger partial charge in [0.1, 0.15) is 0 Å². The number of aromatic nitrogens is 1. The highest BCUT2D eigenvalue weighted by Gasteiger charge is 2.37. The molecule has 1 aromatic carbocycles. The first-order valence-corrected chi connectivity index (χ1v) is 7.66. The van der Waals surface area contributed by atoms with Crippen molar-refractivity contribution in [3.05, 3.63) is 30.5 Å². The van der Waals surface area contributed by atoms with Gasteiger partial charge in [0.2, 0.25) is 5.91 Å². The number of para-hydroxylation sites is 1. The Morgan fingerprint density at radius 2 is 1.85 bits per heavy atom. The molecule has 0 radical (unpaired) electrons. The summed E-state index contributed by atoms with van der Waals surface area (Å²) in [7, 11) is 0. The summed E-state index contributed by atoms with van der Waals surface area (Å²) in [5.41, 5.74) is 2.00. The zero-order valence-corrected chi connectivity index (χ0v) is 11.6. The first kappa shape index (κ1) is 12.0. The molecule has 0 saturated heterocycles. The van der Waals surface area contributed by atoms with Crippen LogP contribution in [0.1, 0.15) is 32.1 Å². The number of benzene rings is 1. The van der Waals surface area contributed by atoms with Crippen molar-refractivity contribution in [2.45, 2.75) is 32.1 Å². The summed E-state index contributed by atoms with van der Waals surface area (Å²) in [6, 6.07) is 8.09. The fourth-order valence-corrected chi connectivity index (χ4v) is 4.13. The van der Waals surface area contributed by atoms with Crippen molar-refractivity contribution < 1.29 is 4.79 Å². The second-order valence-electron chi connectivity index (χ2n) is 6.45. The number of carbonyl (C=O) groups is 1. The molecule has 3 heteroatoms. The molecule has 0 spiro atoms. The molecule has 2 fully saturated rings. The first-order chi connectivity index (χ1) is 9.79. The van der Waals surface area contributed by atoms with Crippen LogP contribution in [0.2, 0.25) is 0 Å². The van der Waals surface area contributed by atoms with Gasteiger partial charge in [0.15, 0.2) is 0 Å². The minimum absolute atomic E-state index is 0.214. The highest BCUT2D eigenvalue weighted by atomic mass is 16.1. The van der Waals surface area contributed by atoms with E-state index in [0.717, 1.165) is 41.3 Å². The Balaban J connectivity index is 1.52. The summed E-state index contributed by atoms with van der Waals surface area (Å²) in [6.45, 7) is 0. The van der Waals surface area contributed by atoms with E-state index in [0.29, 0.717) is 0 Å². The van der Waals surface area contributed by atoms with Gasteiger partial charge in [-0.05, 0) is 37.2 Å². The minimum Gasteiger partial charge on any atom is -0.359 e. The lowest BCUT2D eigenvalue weighted by atomic mass is 9.80. The van der Waals surface area contributed by atoms with Gasteiger partial charge in [0.25, 0.3) is 0 Å². The first-order valence-electron chi connectivity index (χ1n) is 7.66. The number of anilines is 1. The molecular weight excluding hydrogens is 248 g/mol. The number of amides is 1. The van der Waals surface area contributed by atoms with Crippen molar-refractivity contribution in [3.8, 4) is 0 Å². The third kappa shape index (κ3) is 2.01. The monoisotopic (exact) mass is 268 g/mol. The third-order valence-corrected chi connectivity index (χ3v) is 5.10. The highest BCUT2D eigenvalue weighted by molar-refractivity contribution is 6.02. The number of hydrogen-bond acceptors (Lipinski definition) is 1. The van der Waals surface area contributed by atoms with Crippen LogP contribution in [-0.2, 0) is 4.79 Å². The molecule has 2 aromatic rings. The predicted octanol–water partition coefficient (Wildman–Crippen LogP) is 3.93. The van der Waals surface area contributed by atoms with Crippen LogP contribution in [-0.4, -0.2) is 10.9 Å². The number of fused-ring (bicyclic) bond motifs is 3. The molecule has 2 aliphatic carbocycles. The van der Waals surface area contributed by atoms with Crippen LogP contribution in [0, 0.1) is 17.8 Å². The number of nitrogens with one attached hydrogen (secondary N) is 2. The molecule has 20 heavy (non-hydrogen) atoms. The second kappa shape index (κ2) is 4.65. The van der Waals surface area contributed by atoms with Crippen molar-refractivity contribution in [1.29, 1.82) is 0 Å². The van der Waals surface area contributed by atoms with E-state index < -0.39 is 0 Å². The van der Waals surface area contributed by atoms with E-state index in [1.165, 1.54) is 19.3 Å². The van der Waals surface area contributed by atoms with Gasteiger partial charge in [-0.2, -0.15) is 0 Å². The smallest absolute Gasteiger partial charge is 0.227 e. The summed E-state index contributed by atoms with van der Waals surface area (Å²) in [5, 5.41) is 4.23. The summed E-state index contributed by atoms with van der Waals surface area (Å²) < 4.78 is 0. The Morgan fingerprint density at radius 1 is 1.10 bits per heavy atom. The molecule has 2 aliphatic rings. The van der Waals surface area contributed by atoms with Crippen LogP contribution in [0.25, 0.3) is 10.9 Å². The maximum absolute atomic E-state index is 12.5. The van der Waals surface area contributed by atoms with E-state index in [4.69, 9.17) is 0 Å². The second-order valence-corrected chi connectivity index (χ2v) is 6.45. The molecular formula is C17H20N2O. The maximum atomic E-state index is 12.5. The van der Waals surface area contributed by atoms with Gasteiger partial charge < -0.3 is 10.3 Å². The van der Waals surface area contributed by atoms with Crippen molar-refractivity contribution >= 4 is 22.5 Å². The molecule has 104 valence electrons. The van der Waals surface area contributed by atoms with Crippen molar-refractivity contribution in [3.63, 3.8) is 0 Å². The average molecular weight is 268 g/mol. The van der Waals surface area contributed by atoms with E-state index >= 15 is 0 Å². The zero-order chi connectivity index (χ0) is 13.5. The van der Waals surface area contributed by atoms with Crippen molar-refractivity contribution in [1.82, 2.24) is 4.98 Å². The molecule has 2 unspecified atom stereocenters. The summed E-state index contributed by atoms with van der Waals surface area (Å²) in [4.78, 5) is 15.7. The van der Waals surface area contributed by atoms with Gasteiger partial charge in [0.05, 0.1) is 5.69 Å². The van der Waals surface area contributed by atoms with Gasteiger partial charge in [-0.15, -0.1) is 0 Å². The van der Waals surface area contributed by atoms with Crippen molar-refractivity contribution in [2.75, 3.05) is 5.32 Å². The number of hydrogen-bond donors (Lipinski definition) is 2. The lowest BCUT2D eigenvalue weighted by Crippen LogP contribution is -2.28. The minimum atomic E-state index is 0.214. The van der Waals surface area contributed by atoms with Crippen LogP contribution in [0.5, 0.6) is 0 Å². The predicted molar refractivity (Wildman–Crippen MR) is 80.5 cm³/mol. The van der Waals surface area contributed by atoms with E-state index in [1.54, 1.807) is 0 Å². The fraction of sp³-hybridized carbons (Fsp3) is 0.471. The Hall–Kier alpha value is -1.77. The average Bonchev–Trinajstić information content (AvgIpc) is 3.03. The zero-order valence-electron chi connectivity index (χ0n) is 11.6. The Labute approximate surface area is 118 Å². The molecule has 2 atom stereocenters. The maximum Gasteiger partial charge on any atom is 0.227 e. The summed E-state index contributed by atoms with van der Waals surface area (Å²) in [6.07, 6.45) is 8.11. The van der Waals surface area contributed by atoms with Crippen LogP contribution >= 0.6 is 0 Å². The molecule has 1 amide bonds. The molecule has 1 aromatic heterocycles. The summed E-state index contributed by atoms with van der Waals surface area (Å²) in [5.74, 6) is 2.03. The van der Waals surface area contributed by atoms with E-state index in [-0.39, 0.29) is 11.8 Å². The van der Waals surface area contributed by atoms with E-state index in [1.807, 2.05) is 30.5 Å². The number of H-pyrrole nitrogens is 1. The molecule has 3 nitrogen and oxygen atoms in total. The topological polar surface area (TPSA) is 44.9 Å². The molecule has 0 aliphatic heterocycles. The Bertz CT molecular complexity index is 633. The van der Waals surface area contributed by atoms with Crippen LogP contribution < -0.4 is 5.32 Å². The van der Waals surface area contributed by atoms with Gasteiger partial charge in [0, 0.05) is 23.0 Å². The molecule has 2 bridgehead atoms. The molecule has 2 N–H and O–H groups in total. The molecule has 4 rings (SSSR count).